The molecular weight excluding hydrogens is 59.0 g/mol. The highest BCUT2D eigenvalue weighted by Gasteiger charge is 1.34. The van der Waals surface area contributed by atoms with Crippen molar-refractivity contribution in [2.24, 2.45) is 0 Å². The predicted molar refractivity (Wildman–Crippen MR) is 10.8 cm³/mol. The normalized spacial score (nSPS) is 3.25. The molecule has 22 valence electrons. The molecule has 1 N–H and O–H groups in total. The van der Waals surface area contributed by atoms with Gasteiger partial charge in [0.05, 0.1) is 0 Å². The maximum absolute atomic E-state index is 10.1. The molecule has 1 nitrogen and oxygen atoms in total. The summed E-state index contributed by atoms with van der Waals surface area (Å²) >= 11 is 0. The summed E-state index contributed by atoms with van der Waals surface area (Å²) in [5.74, 6) is 0. The monoisotopic (exact) mass is 60.0 g/mol. The molecule has 0 spiro atoms. The maximum Gasteiger partial charge on any atom is 0.149 e. The molecule has 0 saturated heterocycles. The van der Waals surface area contributed by atoms with Crippen molar-refractivity contribution in [3.05, 3.63) is 0 Å². The first-order valence-electron chi connectivity index (χ1n) is 0.663. The van der Waals surface area contributed by atoms with Gasteiger partial charge in [-0.05, 0) is 0 Å². The van der Waals surface area contributed by atoms with Crippen LogP contribution in [0.15, 0.2) is 0 Å². The van der Waals surface area contributed by atoms with Crippen LogP contribution in [0.3, 0.4) is 0 Å². The molecule has 0 atom stereocenters. The van der Waals surface area contributed by atoms with Crippen molar-refractivity contribution in [1.82, 2.24) is 0 Å². The molecule has 0 radical (unpaired) electrons. The molecule has 0 fully saturated rings. The molecule has 0 aliphatic rings. The van der Waals surface area contributed by atoms with Gasteiger partial charge in [-0.1, -0.05) is 0 Å². The summed E-state index contributed by atoms with van der Waals surface area (Å²) in [5.41, 5.74) is 0. The molecule has 0 bridgehead atoms. The predicted octanol–water partition coefficient (Wildman–Crippen LogP) is 0.247. The lowest BCUT2D eigenvalue weighted by atomic mass is 11.3. The number of hydrogen-bond donors (Lipinski definition) is 1. The third kappa shape index (κ3) is 1.29. The molecule has 0 amide bonds. The Hall–Kier alpha value is -0.710. The lowest BCUT2D eigenvalue weighted by Crippen LogP contribution is -1.36. The molecule has 0 unspecified atom stereocenters. The van der Waals surface area contributed by atoms with Crippen molar-refractivity contribution in [2.75, 3.05) is 0 Å². The number of aliphatic hydroxyl groups is 1. The molecule has 0 aromatic heterocycles. The minimum absolute atomic E-state index is 0.736. The fourth-order valence-electron chi connectivity index (χ4n) is 0. The quantitative estimate of drug-likeness (QED) is 0.397. The lowest BCUT2D eigenvalue weighted by molar-refractivity contribution is 0.510. The van der Waals surface area contributed by atoms with Gasteiger partial charge in [-0.15, -0.1) is 4.39 Å². The van der Waals surface area contributed by atoms with Gasteiger partial charge >= 0.3 is 0 Å². The molecule has 4 heavy (non-hydrogen) atoms. The maximum atomic E-state index is 10.1. The SMILES string of the molecule is OC#CF. The molecule has 0 aromatic rings. The third-order valence-electron chi connectivity index (χ3n) is 0.0423. The lowest BCUT2D eigenvalue weighted by Gasteiger charge is -1.39. The molecule has 0 saturated carbocycles. The fraction of sp³-hybridized carbons (Fsp3) is 0. The second-order valence-electron chi connectivity index (χ2n) is 0.206. The van der Waals surface area contributed by atoms with Crippen molar-refractivity contribution in [3.63, 3.8) is 0 Å². The first-order valence-corrected chi connectivity index (χ1v) is 0.663. The van der Waals surface area contributed by atoms with Crippen molar-refractivity contribution in [1.29, 1.82) is 0 Å². The summed E-state index contributed by atoms with van der Waals surface area (Å²) < 4.78 is 10.1. The van der Waals surface area contributed by atoms with Crippen molar-refractivity contribution < 1.29 is 9.50 Å². The Labute approximate surface area is 23.1 Å². The van der Waals surface area contributed by atoms with E-state index in [2.05, 4.69) is 0 Å². The summed E-state index contributed by atoms with van der Waals surface area (Å²) in [5, 5.41) is 7.14. The van der Waals surface area contributed by atoms with E-state index in [1.165, 1.54) is 0 Å². The van der Waals surface area contributed by atoms with Gasteiger partial charge < -0.3 is 5.11 Å². The van der Waals surface area contributed by atoms with Gasteiger partial charge in [-0.3, -0.25) is 0 Å². The Bertz CT molecular complexity index is 42.8. The van der Waals surface area contributed by atoms with Crippen LogP contribution >= 0.6 is 0 Å². The molecule has 0 aliphatic heterocycles. The van der Waals surface area contributed by atoms with Crippen LogP contribution in [0.2, 0.25) is 0 Å². The van der Waals surface area contributed by atoms with Crippen LogP contribution in [0, 0.1) is 12.3 Å². The first kappa shape index (κ1) is 3.29. The number of aliphatic hydroxyl groups excluding tert-OH is 1. The first-order chi connectivity index (χ1) is 1.91. The van der Waals surface area contributed by atoms with Crippen LogP contribution in [-0.4, -0.2) is 5.11 Å². The number of halogens is 1. The zero-order chi connectivity index (χ0) is 3.41. The van der Waals surface area contributed by atoms with Crippen molar-refractivity contribution in [3.8, 4) is 12.3 Å². The van der Waals surface area contributed by atoms with Gasteiger partial charge in [0.15, 0.2) is 0 Å². The topological polar surface area (TPSA) is 20.2 Å². The van der Waals surface area contributed by atoms with Crippen LogP contribution in [0.25, 0.3) is 0 Å². The Kier molecular flexibility index (Phi) is 1.88. The van der Waals surface area contributed by atoms with Crippen molar-refractivity contribution in [2.45, 2.75) is 0 Å². The van der Waals surface area contributed by atoms with Crippen LogP contribution in [0.1, 0.15) is 0 Å². The molecule has 0 aromatic carbocycles. The fourth-order valence-corrected chi connectivity index (χ4v) is 0. The standard InChI is InChI=1S/C2HFO/c3-1-2-4/h4H. The van der Waals surface area contributed by atoms with Gasteiger partial charge in [-0.25, -0.2) is 0 Å². The van der Waals surface area contributed by atoms with Crippen LogP contribution in [-0.2, 0) is 0 Å². The average Bonchev–Trinajstić information content (AvgIpc) is 1.37. The highest BCUT2D eigenvalue weighted by Crippen LogP contribution is 1.41. The Morgan fingerprint density at radius 1 is 1.75 bits per heavy atom. The zero-order valence-electron chi connectivity index (χ0n) is 1.83. The second-order valence-corrected chi connectivity index (χ2v) is 0.206. The van der Waals surface area contributed by atoms with E-state index < -0.39 is 0 Å². The van der Waals surface area contributed by atoms with Gasteiger partial charge in [0.2, 0.25) is 0 Å². The molecule has 0 rings (SSSR count). The van der Waals surface area contributed by atoms with Gasteiger partial charge in [0.1, 0.15) is 12.3 Å². The Balaban J connectivity index is 2.83. The van der Waals surface area contributed by atoms with Gasteiger partial charge in [-0.2, -0.15) is 0 Å². The summed E-state index contributed by atoms with van der Waals surface area (Å²) in [7, 11) is 0. The largest absolute Gasteiger partial charge is 0.460 e. The third-order valence-corrected chi connectivity index (χ3v) is 0.0423. The molecular formula is C2HFO. The van der Waals surface area contributed by atoms with E-state index in [1.807, 2.05) is 0 Å². The van der Waals surface area contributed by atoms with Gasteiger partial charge in [0.25, 0.3) is 0 Å². The highest BCUT2D eigenvalue weighted by atomic mass is 19.1. The number of rotatable bonds is 0. The van der Waals surface area contributed by atoms with E-state index in [1.54, 1.807) is 0 Å². The Morgan fingerprint density at radius 2 is 2.00 bits per heavy atom. The summed E-state index contributed by atoms with van der Waals surface area (Å²) in [4.78, 5) is 0. The molecule has 0 aliphatic carbocycles. The van der Waals surface area contributed by atoms with Crippen LogP contribution in [0.4, 0.5) is 4.39 Å². The van der Waals surface area contributed by atoms with Crippen LogP contribution in [0.5, 0.6) is 0 Å². The van der Waals surface area contributed by atoms with Crippen molar-refractivity contribution >= 4 is 0 Å². The summed E-state index contributed by atoms with van der Waals surface area (Å²) in [6.45, 7) is 0. The smallest absolute Gasteiger partial charge is 0.149 e. The average molecular weight is 60.0 g/mol. The van der Waals surface area contributed by atoms with Gasteiger partial charge in [0, 0.05) is 0 Å². The van der Waals surface area contributed by atoms with Crippen LogP contribution < -0.4 is 0 Å². The van der Waals surface area contributed by atoms with E-state index in [-0.39, 0.29) is 0 Å². The zero-order valence-corrected chi connectivity index (χ0v) is 1.83. The molecule has 0 heterocycles. The second kappa shape index (κ2) is 2.29. The minimum atomic E-state index is 0.736. The van der Waals surface area contributed by atoms with E-state index >= 15 is 0 Å². The number of hydrogen-bond acceptors (Lipinski definition) is 1. The van der Waals surface area contributed by atoms with E-state index in [0.29, 0.717) is 0 Å². The Morgan fingerprint density at radius 3 is 2.00 bits per heavy atom. The van der Waals surface area contributed by atoms with E-state index in [4.69, 9.17) is 5.11 Å². The summed E-state index contributed by atoms with van der Waals surface area (Å²) in [6, 6.07) is 0. The van der Waals surface area contributed by atoms with E-state index in [0.717, 1.165) is 12.3 Å². The molecule has 2 heteroatoms. The highest BCUT2D eigenvalue weighted by molar-refractivity contribution is 4.73. The van der Waals surface area contributed by atoms with E-state index in [9.17, 15) is 4.39 Å². The minimum Gasteiger partial charge on any atom is -0.460 e. The summed E-state index contributed by atoms with van der Waals surface area (Å²) in [6.07, 6.45) is 1.75.